The number of unbranched alkanes of at least 4 members (excludes halogenated alkanes) is 3. The van der Waals surface area contributed by atoms with Crippen LogP contribution in [-0.2, 0) is 0 Å². The first-order chi connectivity index (χ1) is 6.31. The van der Waals surface area contributed by atoms with Crippen LogP contribution in [0.15, 0.2) is 18.4 Å². The molecule has 13 heavy (non-hydrogen) atoms. The lowest BCUT2D eigenvalue weighted by atomic mass is 10.1. The Morgan fingerprint density at radius 1 is 1.46 bits per heavy atom. The fourth-order valence-electron chi connectivity index (χ4n) is 0.911. The van der Waals surface area contributed by atoms with Gasteiger partial charge >= 0.3 is 0 Å². The standard InChI is InChI=1S/C12H17N/c1-3-9-12(2)10-7-5-4-6-8-11-13/h9,11-13H,1,4-6,8H2,2H3. The van der Waals surface area contributed by atoms with E-state index in [9.17, 15) is 0 Å². The molecule has 1 heteroatoms. The molecule has 1 N–H and O–H groups in total. The van der Waals surface area contributed by atoms with Gasteiger partial charge in [-0.3, -0.25) is 0 Å². The van der Waals surface area contributed by atoms with Crippen LogP contribution in [0.1, 0.15) is 32.6 Å². The van der Waals surface area contributed by atoms with E-state index in [2.05, 4.69) is 24.2 Å². The van der Waals surface area contributed by atoms with Gasteiger partial charge in [-0.15, -0.1) is 11.7 Å². The Bertz CT molecular complexity index is 236. The van der Waals surface area contributed by atoms with Crippen molar-refractivity contribution in [2.75, 3.05) is 0 Å². The van der Waals surface area contributed by atoms with E-state index in [4.69, 9.17) is 5.41 Å². The van der Waals surface area contributed by atoms with E-state index in [0.717, 1.165) is 25.7 Å². The van der Waals surface area contributed by atoms with Crippen molar-refractivity contribution in [3.05, 3.63) is 18.4 Å². The van der Waals surface area contributed by atoms with Crippen LogP contribution < -0.4 is 0 Å². The summed E-state index contributed by atoms with van der Waals surface area (Å²) in [7, 11) is 0. The lowest BCUT2D eigenvalue weighted by molar-refractivity contribution is 0.791. The Morgan fingerprint density at radius 3 is 2.85 bits per heavy atom. The molecule has 0 aliphatic carbocycles. The molecular weight excluding hydrogens is 158 g/mol. The zero-order chi connectivity index (χ0) is 9.94. The molecule has 1 atom stereocenters. The fourth-order valence-corrected chi connectivity index (χ4v) is 0.911. The van der Waals surface area contributed by atoms with Crippen LogP contribution in [0.4, 0.5) is 0 Å². The van der Waals surface area contributed by atoms with E-state index < -0.39 is 0 Å². The zero-order valence-corrected chi connectivity index (χ0v) is 8.27. The highest BCUT2D eigenvalue weighted by atomic mass is 14.3. The fraction of sp³-hybridized carbons (Fsp3) is 0.500. The lowest BCUT2D eigenvalue weighted by Crippen LogP contribution is -1.81. The van der Waals surface area contributed by atoms with Crippen molar-refractivity contribution < 1.29 is 0 Å². The Kier molecular flexibility index (Phi) is 7.99. The van der Waals surface area contributed by atoms with Crippen LogP contribution in [0.2, 0.25) is 0 Å². The SMILES string of the molecule is C=C=CC(C)C#CCCCCC=N. The van der Waals surface area contributed by atoms with Gasteiger partial charge in [0.25, 0.3) is 0 Å². The molecule has 0 aromatic heterocycles. The largest absolute Gasteiger partial charge is 0.313 e. The van der Waals surface area contributed by atoms with E-state index in [1.807, 2.05) is 13.0 Å². The van der Waals surface area contributed by atoms with E-state index in [1.165, 1.54) is 6.21 Å². The van der Waals surface area contributed by atoms with Gasteiger partial charge < -0.3 is 5.41 Å². The van der Waals surface area contributed by atoms with Gasteiger partial charge in [0.1, 0.15) is 0 Å². The maximum Gasteiger partial charge on any atom is 0.0428 e. The summed E-state index contributed by atoms with van der Waals surface area (Å²) in [6.07, 6.45) is 7.30. The molecule has 0 aromatic rings. The van der Waals surface area contributed by atoms with Crippen molar-refractivity contribution in [3.8, 4) is 11.8 Å². The third-order valence-electron chi connectivity index (χ3n) is 1.60. The number of allylic oxidation sites excluding steroid dienone is 1. The van der Waals surface area contributed by atoms with Gasteiger partial charge in [-0.1, -0.05) is 12.5 Å². The second-order valence-electron chi connectivity index (χ2n) is 2.93. The summed E-state index contributed by atoms with van der Waals surface area (Å²) in [5.74, 6) is 6.46. The third kappa shape index (κ3) is 8.66. The van der Waals surface area contributed by atoms with E-state index >= 15 is 0 Å². The van der Waals surface area contributed by atoms with Gasteiger partial charge in [0.15, 0.2) is 0 Å². The Morgan fingerprint density at radius 2 is 2.23 bits per heavy atom. The molecule has 0 fully saturated rings. The summed E-state index contributed by atoms with van der Waals surface area (Å²) in [5, 5.41) is 6.82. The van der Waals surface area contributed by atoms with Crippen LogP contribution in [0, 0.1) is 23.2 Å². The molecule has 0 heterocycles. The number of hydrogen-bond acceptors (Lipinski definition) is 1. The van der Waals surface area contributed by atoms with Crippen LogP contribution in [0.5, 0.6) is 0 Å². The molecule has 1 unspecified atom stereocenters. The quantitative estimate of drug-likeness (QED) is 0.287. The molecular formula is C12H17N. The van der Waals surface area contributed by atoms with Crippen molar-refractivity contribution in [3.63, 3.8) is 0 Å². The Hall–Kier alpha value is -1.25. The van der Waals surface area contributed by atoms with Crippen molar-refractivity contribution >= 4 is 6.21 Å². The molecule has 0 rings (SSSR count). The summed E-state index contributed by atoms with van der Waals surface area (Å²) in [4.78, 5) is 0. The molecule has 0 bridgehead atoms. The van der Waals surface area contributed by atoms with E-state index in [-0.39, 0.29) is 5.92 Å². The second kappa shape index (κ2) is 8.84. The number of rotatable bonds is 5. The van der Waals surface area contributed by atoms with Gasteiger partial charge in [0, 0.05) is 12.3 Å². The number of nitrogens with one attached hydrogen (secondary N) is 1. The van der Waals surface area contributed by atoms with Gasteiger partial charge in [-0.05, 0) is 38.5 Å². The van der Waals surface area contributed by atoms with Gasteiger partial charge in [0.05, 0.1) is 0 Å². The predicted octanol–water partition coefficient (Wildman–Crippen LogP) is 3.18. The summed E-state index contributed by atoms with van der Waals surface area (Å²) in [5.41, 5.74) is 2.72. The van der Waals surface area contributed by atoms with Crippen LogP contribution in [0.25, 0.3) is 0 Å². The summed E-state index contributed by atoms with van der Waals surface area (Å²) in [6, 6.07) is 0. The second-order valence-corrected chi connectivity index (χ2v) is 2.93. The highest BCUT2D eigenvalue weighted by Gasteiger charge is 1.86. The molecule has 0 radical (unpaired) electrons. The monoisotopic (exact) mass is 175 g/mol. The average Bonchev–Trinajstić information content (AvgIpc) is 2.11. The molecule has 0 aliphatic rings. The molecule has 0 saturated heterocycles. The number of hydrogen-bond donors (Lipinski definition) is 1. The van der Waals surface area contributed by atoms with Crippen LogP contribution in [-0.4, -0.2) is 6.21 Å². The first-order valence-corrected chi connectivity index (χ1v) is 4.64. The van der Waals surface area contributed by atoms with Crippen molar-refractivity contribution in [2.24, 2.45) is 5.92 Å². The molecule has 0 amide bonds. The molecule has 0 saturated carbocycles. The minimum atomic E-state index is 0.264. The highest BCUT2D eigenvalue weighted by Crippen LogP contribution is 1.98. The smallest absolute Gasteiger partial charge is 0.0428 e. The minimum Gasteiger partial charge on any atom is -0.313 e. The Balaban J connectivity index is 3.49. The predicted molar refractivity (Wildman–Crippen MR) is 57.9 cm³/mol. The third-order valence-corrected chi connectivity index (χ3v) is 1.60. The molecule has 70 valence electrons. The molecule has 1 nitrogen and oxygen atoms in total. The van der Waals surface area contributed by atoms with Crippen molar-refractivity contribution in [2.45, 2.75) is 32.6 Å². The first kappa shape index (κ1) is 11.8. The minimum absolute atomic E-state index is 0.264. The maximum absolute atomic E-state index is 6.82. The van der Waals surface area contributed by atoms with Gasteiger partial charge in [-0.25, -0.2) is 0 Å². The first-order valence-electron chi connectivity index (χ1n) is 4.64. The summed E-state index contributed by atoms with van der Waals surface area (Å²) >= 11 is 0. The molecule has 0 aromatic carbocycles. The van der Waals surface area contributed by atoms with Crippen molar-refractivity contribution in [1.82, 2.24) is 0 Å². The summed E-state index contributed by atoms with van der Waals surface area (Å²) in [6.45, 7) is 5.53. The topological polar surface area (TPSA) is 23.9 Å². The molecule has 0 spiro atoms. The van der Waals surface area contributed by atoms with Gasteiger partial charge in [0.2, 0.25) is 0 Å². The Labute approximate surface area is 81.1 Å². The van der Waals surface area contributed by atoms with Crippen LogP contribution in [0.3, 0.4) is 0 Å². The lowest BCUT2D eigenvalue weighted by Gasteiger charge is -1.91. The van der Waals surface area contributed by atoms with E-state index in [1.54, 1.807) is 0 Å². The maximum atomic E-state index is 6.82. The molecule has 0 aliphatic heterocycles. The van der Waals surface area contributed by atoms with Gasteiger partial charge in [-0.2, -0.15) is 0 Å². The van der Waals surface area contributed by atoms with E-state index in [0.29, 0.717) is 0 Å². The normalized spacial score (nSPS) is 10.5. The van der Waals surface area contributed by atoms with Crippen LogP contribution >= 0.6 is 0 Å². The van der Waals surface area contributed by atoms with Crippen molar-refractivity contribution in [1.29, 1.82) is 5.41 Å². The zero-order valence-electron chi connectivity index (χ0n) is 8.27. The average molecular weight is 175 g/mol. The highest BCUT2D eigenvalue weighted by molar-refractivity contribution is 5.52. The summed E-state index contributed by atoms with van der Waals surface area (Å²) < 4.78 is 0.